The lowest BCUT2D eigenvalue weighted by Crippen LogP contribution is -2.46. The molecule has 1 aromatic carbocycles. The summed E-state index contributed by atoms with van der Waals surface area (Å²) in [6.07, 6.45) is 6.70. The summed E-state index contributed by atoms with van der Waals surface area (Å²) in [5, 5.41) is 20.9. The zero-order valence-electron chi connectivity index (χ0n) is 16.2. The zero-order valence-corrected chi connectivity index (χ0v) is 17.7. The first kappa shape index (κ1) is 23.2. The molecule has 2 aliphatic rings. The Morgan fingerprint density at radius 1 is 1.17 bits per heavy atom. The fourth-order valence-corrected chi connectivity index (χ4v) is 4.39. The molecule has 0 amide bonds. The number of hydrogen-bond acceptors (Lipinski definition) is 5. The predicted octanol–water partition coefficient (Wildman–Crippen LogP) is 3.90. The summed E-state index contributed by atoms with van der Waals surface area (Å²) in [5.74, 6) is -1.74. The van der Waals surface area contributed by atoms with Crippen LogP contribution in [0.1, 0.15) is 30.7 Å². The molecule has 2 fully saturated rings. The summed E-state index contributed by atoms with van der Waals surface area (Å²) in [6, 6.07) is 7.18. The van der Waals surface area contributed by atoms with E-state index in [0.29, 0.717) is 46.1 Å². The number of aliphatic carboxylic acids is 2. The number of hydrogen-bond donors (Lipinski definition) is 2. The molecule has 9 heteroatoms. The number of carboxylic acids is 2. The smallest absolute Gasteiger partial charge is 0.328 e. The number of carboxylic acid groups (broad SMARTS) is 2. The highest BCUT2D eigenvalue weighted by molar-refractivity contribution is 6.42. The monoisotopic (exact) mass is 442 g/mol. The number of benzene rings is 1. The van der Waals surface area contributed by atoms with E-state index in [1.165, 1.54) is 18.4 Å². The first-order valence-electron chi connectivity index (χ1n) is 9.12. The molecule has 2 saturated heterocycles. The van der Waals surface area contributed by atoms with Gasteiger partial charge < -0.3 is 15.1 Å². The Balaban J connectivity index is 0.000000321. The van der Waals surface area contributed by atoms with E-state index < -0.39 is 11.9 Å². The summed E-state index contributed by atoms with van der Waals surface area (Å²) in [4.78, 5) is 26.5. The molecule has 0 saturated carbocycles. The maximum atomic E-state index is 9.55. The second-order valence-electron chi connectivity index (χ2n) is 7.00. The van der Waals surface area contributed by atoms with Crippen LogP contribution in [0.3, 0.4) is 0 Å². The summed E-state index contributed by atoms with van der Waals surface area (Å²) in [5.41, 5.74) is 1.25. The van der Waals surface area contributed by atoms with E-state index in [1.54, 1.807) is 7.11 Å². The van der Waals surface area contributed by atoms with Crippen LogP contribution in [0.2, 0.25) is 10.0 Å². The Morgan fingerprint density at radius 3 is 2.38 bits per heavy atom. The Morgan fingerprint density at radius 2 is 1.83 bits per heavy atom. The molecule has 2 N–H and O–H groups in total. The van der Waals surface area contributed by atoms with Crippen molar-refractivity contribution in [3.8, 4) is 0 Å². The Kier molecular flexibility index (Phi) is 8.49. The van der Waals surface area contributed by atoms with Crippen LogP contribution in [-0.2, 0) is 14.4 Å². The van der Waals surface area contributed by atoms with Crippen molar-refractivity contribution in [2.75, 3.05) is 14.2 Å². The molecule has 2 heterocycles. The van der Waals surface area contributed by atoms with Crippen LogP contribution in [0, 0.1) is 5.92 Å². The van der Waals surface area contributed by atoms with Crippen molar-refractivity contribution in [2.24, 2.45) is 11.1 Å². The van der Waals surface area contributed by atoms with Gasteiger partial charge in [-0.15, -0.1) is 0 Å². The Bertz CT molecular complexity index is 783. The highest BCUT2D eigenvalue weighted by Crippen LogP contribution is 2.46. The Hall–Kier alpha value is -2.09. The largest absolute Gasteiger partial charge is 0.478 e. The average molecular weight is 443 g/mol. The fourth-order valence-electron chi connectivity index (χ4n) is 4.09. The van der Waals surface area contributed by atoms with Crippen molar-refractivity contribution in [3.63, 3.8) is 0 Å². The zero-order chi connectivity index (χ0) is 21.6. The van der Waals surface area contributed by atoms with Gasteiger partial charge in [-0.2, -0.15) is 0 Å². The summed E-state index contributed by atoms with van der Waals surface area (Å²) in [7, 11) is 3.82. The molecule has 0 radical (unpaired) electrons. The molecule has 3 rings (SSSR count). The number of nitrogens with zero attached hydrogens (tertiary/aromatic N) is 2. The van der Waals surface area contributed by atoms with Gasteiger partial charge in [0.15, 0.2) is 0 Å². The molecule has 2 aliphatic heterocycles. The second kappa shape index (κ2) is 10.6. The summed E-state index contributed by atoms with van der Waals surface area (Å²) >= 11 is 12.2. The molecule has 0 spiro atoms. The number of rotatable bonds is 5. The van der Waals surface area contributed by atoms with Gasteiger partial charge in [-0.1, -0.05) is 34.4 Å². The van der Waals surface area contributed by atoms with E-state index in [4.69, 9.17) is 38.3 Å². The van der Waals surface area contributed by atoms with Gasteiger partial charge in [0.05, 0.1) is 10.0 Å². The van der Waals surface area contributed by atoms with E-state index in [2.05, 4.69) is 23.2 Å². The molecule has 158 valence electrons. The minimum Gasteiger partial charge on any atom is -0.478 e. The van der Waals surface area contributed by atoms with Gasteiger partial charge in [-0.05, 0) is 49.9 Å². The topological polar surface area (TPSA) is 99.4 Å². The van der Waals surface area contributed by atoms with Crippen molar-refractivity contribution in [1.29, 1.82) is 0 Å². The first-order valence-corrected chi connectivity index (χ1v) is 9.87. The maximum absolute atomic E-state index is 9.55. The van der Waals surface area contributed by atoms with Gasteiger partial charge in [-0.25, -0.2) is 9.59 Å². The van der Waals surface area contributed by atoms with E-state index in [1.807, 2.05) is 18.3 Å². The van der Waals surface area contributed by atoms with Crippen molar-refractivity contribution in [2.45, 2.75) is 37.3 Å². The van der Waals surface area contributed by atoms with Gasteiger partial charge in [0.2, 0.25) is 0 Å². The molecule has 0 unspecified atom stereocenters. The van der Waals surface area contributed by atoms with Crippen LogP contribution < -0.4 is 0 Å². The van der Waals surface area contributed by atoms with Gasteiger partial charge in [0.1, 0.15) is 7.11 Å². The number of halogens is 2. The van der Waals surface area contributed by atoms with Gasteiger partial charge in [0.25, 0.3) is 0 Å². The van der Waals surface area contributed by atoms with Crippen molar-refractivity contribution < 1.29 is 24.6 Å². The molecule has 29 heavy (non-hydrogen) atoms. The number of carbonyl (C=O) groups is 2. The standard InChI is InChI=1S/C16H20Cl2N2O.C4H4O4/c1-20-11-4-6-16(20)13(9-19-21-2)12(8-11)10-3-5-14(17)15(18)7-10;5-3(6)1-2-4(7)8/h3,5,7,9,11-13,16H,4,6,8H2,1-2H3;1-2H,(H,5,6)(H,7,8)/t11-,12+,13+,16+;/m0./s1. The average Bonchev–Trinajstić information content (AvgIpc) is 2.91. The summed E-state index contributed by atoms with van der Waals surface area (Å²) in [6.45, 7) is 0. The fraction of sp³-hybridized carbons (Fsp3) is 0.450. The minimum absolute atomic E-state index is 0.353. The molecule has 0 aromatic heterocycles. The predicted molar refractivity (Wildman–Crippen MR) is 112 cm³/mol. The van der Waals surface area contributed by atoms with Crippen molar-refractivity contribution in [3.05, 3.63) is 46.0 Å². The maximum Gasteiger partial charge on any atom is 0.328 e. The lowest BCUT2D eigenvalue weighted by Gasteiger charge is -2.41. The first-order chi connectivity index (χ1) is 13.7. The van der Waals surface area contributed by atoms with E-state index in [0.717, 1.165) is 6.42 Å². The van der Waals surface area contributed by atoms with Crippen molar-refractivity contribution >= 4 is 41.4 Å². The van der Waals surface area contributed by atoms with E-state index >= 15 is 0 Å². The third-order valence-electron chi connectivity index (χ3n) is 5.41. The molecule has 2 bridgehead atoms. The van der Waals surface area contributed by atoms with Crippen LogP contribution in [0.25, 0.3) is 0 Å². The van der Waals surface area contributed by atoms with Crippen LogP contribution in [0.15, 0.2) is 35.5 Å². The lowest BCUT2D eigenvalue weighted by molar-refractivity contribution is -0.134. The van der Waals surface area contributed by atoms with Crippen LogP contribution in [0.4, 0.5) is 0 Å². The second-order valence-corrected chi connectivity index (χ2v) is 7.82. The number of piperidine rings is 1. The Labute approximate surface area is 179 Å². The molecular weight excluding hydrogens is 419 g/mol. The third-order valence-corrected chi connectivity index (χ3v) is 6.15. The quantitative estimate of drug-likeness (QED) is 0.407. The highest BCUT2D eigenvalue weighted by Gasteiger charge is 2.45. The van der Waals surface area contributed by atoms with Crippen LogP contribution in [0.5, 0.6) is 0 Å². The van der Waals surface area contributed by atoms with Crippen molar-refractivity contribution in [1.82, 2.24) is 4.90 Å². The van der Waals surface area contributed by atoms with Crippen LogP contribution >= 0.6 is 23.2 Å². The number of oxime groups is 1. The molecule has 4 atom stereocenters. The summed E-state index contributed by atoms with van der Waals surface area (Å²) < 4.78 is 0. The third kappa shape index (κ3) is 6.19. The molecule has 1 aromatic rings. The van der Waals surface area contributed by atoms with Crippen LogP contribution in [-0.4, -0.2) is 59.5 Å². The minimum atomic E-state index is -1.26. The van der Waals surface area contributed by atoms with Gasteiger partial charge in [-0.3, -0.25) is 4.90 Å². The highest BCUT2D eigenvalue weighted by atomic mass is 35.5. The molecule has 7 nitrogen and oxygen atoms in total. The van der Waals surface area contributed by atoms with E-state index in [-0.39, 0.29) is 0 Å². The molecular formula is C20H24Cl2N2O5. The van der Waals surface area contributed by atoms with E-state index in [9.17, 15) is 9.59 Å². The number of fused-ring (bicyclic) bond motifs is 2. The van der Waals surface area contributed by atoms with Gasteiger partial charge >= 0.3 is 11.9 Å². The SMILES string of the molecule is CON=C[C@@H]1[C@@H](c2ccc(Cl)c(Cl)c2)C[C@@H]2CC[C@H]1N2C.O=C(O)C=CC(=O)O. The van der Waals surface area contributed by atoms with Gasteiger partial charge in [0, 0.05) is 36.4 Å². The normalized spacial score (nSPS) is 26.3. The molecule has 0 aliphatic carbocycles. The lowest BCUT2D eigenvalue weighted by atomic mass is 9.77.